The Balaban J connectivity index is 2.27. The van der Waals surface area contributed by atoms with Crippen LogP contribution in [0.5, 0.6) is 11.5 Å². The molecule has 0 aromatic heterocycles. The summed E-state index contributed by atoms with van der Waals surface area (Å²) in [6.07, 6.45) is 0. The largest absolute Gasteiger partial charge is 0.497 e. The van der Waals surface area contributed by atoms with Crippen LogP contribution in [0.3, 0.4) is 0 Å². The third kappa shape index (κ3) is 4.51. The van der Waals surface area contributed by atoms with Crippen molar-refractivity contribution >= 4 is 5.97 Å². The molecule has 0 saturated carbocycles. The average Bonchev–Trinajstić information content (AvgIpc) is 2.64. The SMILES string of the molecule is COCOc1ccc(C#Cc2ccc(OC)cc2)cc1C(=O)OC. The first kappa shape index (κ1) is 17.4. The van der Waals surface area contributed by atoms with Crippen LogP contribution in [0.2, 0.25) is 0 Å². The van der Waals surface area contributed by atoms with Crippen molar-refractivity contribution in [3.8, 4) is 23.3 Å². The van der Waals surface area contributed by atoms with Crippen LogP contribution in [-0.2, 0) is 9.47 Å². The highest BCUT2D eigenvalue weighted by Crippen LogP contribution is 2.21. The Bertz CT molecular complexity index is 754. The maximum atomic E-state index is 11.9. The smallest absolute Gasteiger partial charge is 0.341 e. The molecule has 5 nitrogen and oxygen atoms in total. The molecule has 0 unspecified atom stereocenters. The van der Waals surface area contributed by atoms with Gasteiger partial charge in [0.2, 0.25) is 0 Å². The van der Waals surface area contributed by atoms with Crippen LogP contribution >= 0.6 is 0 Å². The van der Waals surface area contributed by atoms with Gasteiger partial charge in [-0.25, -0.2) is 4.79 Å². The molecule has 0 N–H and O–H groups in total. The van der Waals surface area contributed by atoms with Gasteiger partial charge < -0.3 is 18.9 Å². The van der Waals surface area contributed by atoms with Crippen molar-refractivity contribution in [1.29, 1.82) is 0 Å². The molecule has 0 bridgehead atoms. The lowest BCUT2D eigenvalue weighted by Crippen LogP contribution is -2.07. The normalized spacial score (nSPS) is 9.62. The fraction of sp³-hybridized carbons (Fsp3) is 0.211. The highest BCUT2D eigenvalue weighted by atomic mass is 16.7. The molecule has 2 aromatic carbocycles. The molecule has 0 aliphatic rings. The van der Waals surface area contributed by atoms with Crippen molar-refractivity contribution in [3.05, 3.63) is 59.2 Å². The van der Waals surface area contributed by atoms with Gasteiger partial charge >= 0.3 is 5.97 Å². The first-order chi connectivity index (χ1) is 11.7. The monoisotopic (exact) mass is 326 g/mol. The number of hydrogen-bond acceptors (Lipinski definition) is 5. The quantitative estimate of drug-likeness (QED) is 0.480. The number of carbonyl (C=O) groups is 1. The van der Waals surface area contributed by atoms with E-state index in [-0.39, 0.29) is 6.79 Å². The summed E-state index contributed by atoms with van der Waals surface area (Å²) in [4.78, 5) is 11.9. The first-order valence-corrected chi connectivity index (χ1v) is 7.18. The third-order valence-corrected chi connectivity index (χ3v) is 3.16. The van der Waals surface area contributed by atoms with Crippen molar-refractivity contribution in [2.75, 3.05) is 28.1 Å². The van der Waals surface area contributed by atoms with Gasteiger partial charge in [0.15, 0.2) is 6.79 Å². The summed E-state index contributed by atoms with van der Waals surface area (Å²) in [7, 11) is 4.44. The van der Waals surface area contributed by atoms with Gasteiger partial charge in [-0.3, -0.25) is 0 Å². The summed E-state index contributed by atoms with van der Waals surface area (Å²) in [5.74, 6) is 6.72. The van der Waals surface area contributed by atoms with Crippen molar-refractivity contribution in [2.45, 2.75) is 0 Å². The van der Waals surface area contributed by atoms with Crippen molar-refractivity contribution in [2.24, 2.45) is 0 Å². The Morgan fingerprint density at radius 3 is 2.25 bits per heavy atom. The van der Waals surface area contributed by atoms with Gasteiger partial charge in [0, 0.05) is 18.2 Å². The van der Waals surface area contributed by atoms with Crippen LogP contribution < -0.4 is 9.47 Å². The zero-order valence-corrected chi connectivity index (χ0v) is 13.8. The Kier molecular flexibility index (Phi) is 6.23. The lowest BCUT2D eigenvalue weighted by Gasteiger charge is -2.09. The van der Waals surface area contributed by atoms with Gasteiger partial charge in [-0.15, -0.1) is 0 Å². The van der Waals surface area contributed by atoms with Crippen LogP contribution in [-0.4, -0.2) is 34.1 Å². The molecule has 2 rings (SSSR count). The fourth-order valence-electron chi connectivity index (χ4n) is 1.94. The second-order valence-electron chi connectivity index (χ2n) is 4.73. The van der Waals surface area contributed by atoms with E-state index in [1.54, 1.807) is 25.3 Å². The van der Waals surface area contributed by atoms with Crippen molar-refractivity contribution < 1.29 is 23.7 Å². The second-order valence-corrected chi connectivity index (χ2v) is 4.73. The lowest BCUT2D eigenvalue weighted by molar-refractivity contribution is 0.0465. The topological polar surface area (TPSA) is 54.0 Å². The summed E-state index contributed by atoms with van der Waals surface area (Å²) in [6, 6.07) is 12.5. The number of methoxy groups -OCH3 is 3. The van der Waals surface area contributed by atoms with E-state index in [0.29, 0.717) is 16.9 Å². The zero-order valence-electron chi connectivity index (χ0n) is 13.8. The highest BCUT2D eigenvalue weighted by molar-refractivity contribution is 5.92. The van der Waals surface area contributed by atoms with Gasteiger partial charge in [-0.05, 0) is 42.5 Å². The Morgan fingerprint density at radius 1 is 0.958 bits per heavy atom. The summed E-state index contributed by atoms with van der Waals surface area (Å²) in [6.45, 7) is 0.0425. The van der Waals surface area contributed by atoms with E-state index in [2.05, 4.69) is 11.8 Å². The maximum absolute atomic E-state index is 11.9. The minimum Gasteiger partial charge on any atom is -0.497 e. The molecule has 0 aliphatic carbocycles. The Hall–Kier alpha value is -2.97. The molecule has 2 aromatic rings. The van der Waals surface area contributed by atoms with E-state index in [0.717, 1.165) is 11.3 Å². The van der Waals surface area contributed by atoms with Gasteiger partial charge in [0.1, 0.15) is 17.1 Å². The Labute approximate surface area is 141 Å². The number of benzene rings is 2. The molecule has 124 valence electrons. The zero-order chi connectivity index (χ0) is 17.4. The second kappa shape index (κ2) is 8.61. The van der Waals surface area contributed by atoms with E-state index >= 15 is 0 Å². The number of esters is 1. The van der Waals surface area contributed by atoms with Gasteiger partial charge in [-0.2, -0.15) is 0 Å². The number of carbonyl (C=O) groups excluding carboxylic acids is 1. The molecule has 0 atom stereocenters. The lowest BCUT2D eigenvalue weighted by atomic mass is 10.1. The summed E-state index contributed by atoms with van der Waals surface area (Å²) < 4.78 is 20.1. The number of ether oxygens (including phenoxy) is 4. The average molecular weight is 326 g/mol. The molecule has 0 heterocycles. The summed E-state index contributed by atoms with van der Waals surface area (Å²) >= 11 is 0. The van der Waals surface area contributed by atoms with E-state index in [1.165, 1.54) is 14.2 Å². The van der Waals surface area contributed by atoms with E-state index < -0.39 is 5.97 Å². The minimum atomic E-state index is -0.491. The van der Waals surface area contributed by atoms with Crippen LogP contribution in [0.15, 0.2) is 42.5 Å². The minimum absolute atomic E-state index is 0.0425. The van der Waals surface area contributed by atoms with Crippen LogP contribution in [0.25, 0.3) is 0 Å². The number of hydrogen-bond donors (Lipinski definition) is 0. The summed E-state index contributed by atoms with van der Waals surface area (Å²) in [5, 5.41) is 0. The molecule has 0 aliphatic heterocycles. The van der Waals surface area contributed by atoms with Crippen molar-refractivity contribution in [1.82, 2.24) is 0 Å². The molecule has 5 heteroatoms. The van der Waals surface area contributed by atoms with Crippen LogP contribution in [0.4, 0.5) is 0 Å². The molecule has 0 radical (unpaired) electrons. The molecule has 0 spiro atoms. The molecular formula is C19H18O5. The predicted octanol–water partition coefficient (Wildman–Crippen LogP) is 2.86. The van der Waals surface area contributed by atoms with Gasteiger partial charge in [0.05, 0.1) is 14.2 Å². The number of rotatable bonds is 5. The van der Waals surface area contributed by atoms with Crippen LogP contribution in [0.1, 0.15) is 21.5 Å². The maximum Gasteiger partial charge on any atom is 0.341 e. The fourth-order valence-corrected chi connectivity index (χ4v) is 1.94. The van der Waals surface area contributed by atoms with Gasteiger partial charge in [-0.1, -0.05) is 11.8 Å². The first-order valence-electron chi connectivity index (χ1n) is 7.18. The van der Waals surface area contributed by atoms with Crippen LogP contribution in [0, 0.1) is 11.8 Å². The Morgan fingerprint density at radius 2 is 1.62 bits per heavy atom. The van der Waals surface area contributed by atoms with E-state index in [1.807, 2.05) is 24.3 Å². The highest BCUT2D eigenvalue weighted by Gasteiger charge is 2.13. The van der Waals surface area contributed by atoms with E-state index in [9.17, 15) is 4.79 Å². The predicted molar refractivity (Wildman–Crippen MR) is 89.3 cm³/mol. The van der Waals surface area contributed by atoms with E-state index in [4.69, 9.17) is 18.9 Å². The van der Waals surface area contributed by atoms with Crippen molar-refractivity contribution in [3.63, 3.8) is 0 Å². The standard InChI is InChI=1S/C19H18O5/c1-21-13-24-18-11-8-15(12-17(18)19(20)23-3)5-4-14-6-9-16(22-2)10-7-14/h6-12H,13H2,1-3H3. The van der Waals surface area contributed by atoms with Gasteiger partial charge in [0.25, 0.3) is 0 Å². The molecule has 24 heavy (non-hydrogen) atoms. The molecular weight excluding hydrogens is 308 g/mol. The molecule has 0 fully saturated rings. The third-order valence-electron chi connectivity index (χ3n) is 3.16. The molecule has 0 amide bonds. The summed E-state index contributed by atoms with van der Waals surface area (Å²) in [5.41, 5.74) is 1.82. The molecule has 0 saturated heterocycles.